The van der Waals surface area contributed by atoms with Crippen molar-refractivity contribution in [2.24, 2.45) is 0 Å². The first-order valence-corrected chi connectivity index (χ1v) is 3.36. The second-order valence-electron chi connectivity index (χ2n) is 2.30. The van der Waals surface area contributed by atoms with Crippen LogP contribution in [-0.4, -0.2) is 11.0 Å². The number of fused-ring (bicyclic) bond motifs is 1. The van der Waals surface area contributed by atoms with Gasteiger partial charge in [0.05, 0.1) is 6.26 Å². The number of hydrogen-bond donors (Lipinski definition) is 0. The summed E-state index contributed by atoms with van der Waals surface area (Å²) in [4.78, 5) is 0. The first-order chi connectivity index (χ1) is 4.97. The molecule has 0 saturated heterocycles. The zero-order valence-electron chi connectivity index (χ0n) is 7.08. The van der Waals surface area contributed by atoms with Gasteiger partial charge in [0, 0.05) is 61.3 Å². The van der Waals surface area contributed by atoms with Crippen LogP contribution in [0.3, 0.4) is 0 Å². The van der Waals surface area contributed by atoms with Crippen LogP contribution >= 0.6 is 0 Å². The van der Waals surface area contributed by atoms with E-state index in [9.17, 15) is 0 Å². The average molecular weight is 334 g/mol. The van der Waals surface area contributed by atoms with E-state index in [0.717, 1.165) is 12.2 Å². The quantitative estimate of drug-likeness (QED) is 0.657. The van der Waals surface area contributed by atoms with E-state index in [1.165, 1.54) is 5.56 Å². The van der Waals surface area contributed by atoms with E-state index in [4.69, 9.17) is 4.74 Å². The average Bonchev–Trinajstić information content (AvgIpc) is 2.05. The molecule has 0 aromatic heterocycles. The molecule has 0 aliphatic carbocycles. The van der Waals surface area contributed by atoms with Crippen LogP contribution in [0.25, 0.3) is 0 Å². The van der Waals surface area contributed by atoms with Crippen molar-refractivity contribution in [1.82, 2.24) is 0 Å². The van der Waals surface area contributed by atoms with Crippen LogP contribution in [0.2, 0.25) is 0 Å². The molecule has 1 aromatic carbocycles. The molecule has 1 aliphatic heterocycles. The van der Waals surface area contributed by atoms with Gasteiger partial charge in [0.2, 0.25) is 0 Å². The van der Waals surface area contributed by atoms with Crippen molar-refractivity contribution in [3.63, 3.8) is 0 Å². The Balaban J connectivity index is -0.000000302. The molecule has 1 nitrogen and oxygen atoms in total. The number of allylic oxidation sites excluding steroid dienone is 1. The second-order valence-corrected chi connectivity index (χ2v) is 2.30. The van der Waals surface area contributed by atoms with Crippen molar-refractivity contribution in [3.8, 4) is 5.75 Å². The van der Waals surface area contributed by atoms with Crippen LogP contribution in [0.4, 0.5) is 0 Å². The summed E-state index contributed by atoms with van der Waals surface area (Å²) in [5, 5.41) is 0. The molecule has 0 bridgehead atoms. The van der Waals surface area contributed by atoms with E-state index in [-0.39, 0.29) is 61.3 Å². The fourth-order valence-corrected chi connectivity index (χ4v) is 1.08. The van der Waals surface area contributed by atoms with Crippen LogP contribution < -0.4 is 4.74 Å². The fraction of sp³-hybridized carbons (Fsp3) is 0.111. The molecule has 81 valence electrons. The van der Waals surface area contributed by atoms with Crippen molar-refractivity contribution in [2.45, 2.75) is 6.42 Å². The Kier molecular flexibility index (Phi) is 14.3. The van der Waals surface area contributed by atoms with E-state index < -0.39 is 0 Å². The molecule has 1 aromatic rings. The first kappa shape index (κ1) is 20.0. The Bertz CT molecular complexity index is 256. The van der Waals surface area contributed by atoms with E-state index in [1.807, 2.05) is 24.3 Å². The van der Waals surface area contributed by atoms with Gasteiger partial charge in [-0.15, -0.1) is 0 Å². The van der Waals surface area contributed by atoms with Crippen LogP contribution in [-0.2, 0) is 56.8 Å². The molecule has 5 heteroatoms. The van der Waals surface area contributed by atoms with Crippen molar-refractivity contribution < 1.29 is 55.1 Å². The summed E-state index contributed by atoms with van der Waals surface area (Å²) in [5.41, 5.74) is 1.27. The Labute approximate surface area is 120 Å². The second kappa shape index (κ2) is 10.0. The van der Waals surface area contributed by atoms with Gasteiger partial charge in [-0.05, 0) is 24.1 Å². The molecule has 2 rings (SSSR count). The number of rotatable bonds is 0. The predicted molar refractivity (Wildman–Crippen MR) is 45.7 cm³/mol. The molecular weight excluding hydrogens is 326 g/mol. The minimum Gasteiger partial charge on any atom is -0.465 e. The predicted octanol–water partition coefficient (Wildman–Crippen LogP) is 1.75. The SMILES string of the molecule is C1=COc2ccccc2C1.[Co].[Fe].[Ni].[Si]. The molecule has 1 heterocycles. The summed E-state index contributed by atoms with van der Waals surface area (Å²) >= 11 is 0. The normalized spacial score (nSPS) is 10.0. The molecule has 0 N–H and O–H groups in total. The monoisotopic (exact) mass is 333 g/mol. The molecule has 5 radical (unpaired) electrons. The van der Waals surface area contributed by atoms with Gasteiger partial charge in [-0.1, -0.05) is 18.2 Å². The molecule has 0 fully saturated rings. The standard InChI is InChI=1S/C9H8O.Co.Fe.Ni.Si/c1-2-6-9-8(4-1)5-3-7-10-9;;;;/h1-4,6-7H,5H2;;;;. The Morgan fingerprint density at radius 1 is 1.14 bits per heavy atom. The van der Waals surface area contributed by atoms with Gasteiger partial charge in [-0.25, -0.2) is 0 Å². The van der Waals surface area contributed by atoms with E-state index in [2.05, 4.69) is 6.07 Å². The molecule has 1 aliphatic rings. The molecule has 0 atom stereocenters. The van der Waals surface area contributed by atoms with Crippen molar-refractivity contribution >= 4 is 11.0 Å². The summed E-state index contributed by atoms with van der Waals surface area (Å²) in [6.45, 7) is 0. The Morgan fingerprint density at radius 3 is 2.43 bits per heavy atom. The summed E-state index contributed by atoms with van der Waals surface area (Å²) in [5.74, 6) is 0.991. The van der Waals surface area contributed by atoms with E-state index >= 15 is 0 Å². The third-order valence-electron chi connectivity index (χ3n) is 1.60. The van der Waals surface area contributed by atoms with Crippen LogP contribution in [0, 0.1) is 0 Å². The van der Waals surface area contributed by atoms with Gasteiger partial charge in [-0.2, -0.15) is 0 Å². The largest absolute Gasteiger partial charge is 0.465 e. The third kappa shape index (κ3) is 4.83. The first-order valence-electron chi connectivity index (χ1n) is 3.36. The Morgan fingerprint density at radius 2 is 1.79 bits per heavy atom. The number of benzene rings is 1. The summed E-state index contributed by atoms with van der Waals surface area (Å²) in [6.07, 6.45) is 4.75. The Hall–Kier alpha value is 0.496. The van der Waals surface area contributed by atoms with Gasteiger partial charge in [0.25, 0.3) is 0 Å². The van der Waals surface area contributed by atoms with Gasteiger partial charge in [0.15, 0.2) is 0 Å². The van der Waals surface area contributed by atoms with Gasteiger partial charge >= 0.3 is 0 Å². The van der Waals surface area contributed by atoms with Gasteiger partial charge in [-0.3, -0.25) is 0 Å². The molecule has 0 unspecified atom stereocenters. The summed E-state index contributed by atoms with van der Waals surface area (Å²) < 4.78 is 5.24. The molecule has 0 saturated carbocycles. The van der Waals surface area contributed by atoms with Crippen molar-refractivity contribution in [3.05, 3.63) is 42.2 Å². The zero-order chi connectivity index (χ0) is 6.81. The van der Waals surface area contributed by atoms with Crippen LogP contribution in [0.15, 0.2) is 36.6 Å². The van der Waals surface area contributed by atoms with Crippen LogP contribution in [0.1, 0.15) is 5.56 Å². The minimum absolute atomic E-state index is 0. The van der Waals surface area contributed by atoms with Crippen molar-refractivity contribution in [1.29, 1.82) is 0 Å². The number of para-hydroxylation sites is 1. The number of hydrogen-bond acceptors (Lipinski definition) is 1. The van der Waals surface area contributed by atoms with Crippen LogP contribution in [0.5, 0.6) is 5.75 Å². The smallest absolute Gasteiger partial charge is 0.130 e. The maximum absolute atomic E-state index is 5.24. The minimum atomic E-state index is 0. The summed E-state index contributed by atoms with van der Waals surface area (Å²) in [6, 6.07) is 8.08. The maximum Gasteiger partial charge on any atom is 0.130 e. The van der Waals surface area contributed by atoms with E-state index in [1.54, 1.807) is 6.26 Å². The zero-order valence-corrected chi connectivity index (χ0v) is 11.2. The number of ether oxygens (including phenoxy) is 1. The molecule has 0 spiro atoms. The maximum atomic E-state index is 5.24. The van der Waals surface area contributed by atoms with Gasteiger partial charge in [0.1, 0.15) is 5.75 Å². The van der Waals surface area contributed by atoms with Gasteiger partial charge < -0.3 is 4.74 Å². The third-order valence-corrected chi connectivity index (χ3v) is 1.60. The molecular formula is C9H8CoFeNiOSi. The fourth-order valence-electron chi connectivity index (χ4n) is 1.08. The molecule has 0 amide bonds. The topological polar surface area (TPSA) is 9.23 Å². The van der Waals surface area contributed by atoms with Crippen molar-refractivity contribution in [2.75, 3.05) is 0 Å². The van der Waals surface area contributed by atoms with E-state index in [0.29, 0.717) is 0 Å². The summed E-state index contributed by atoms with van der Waals surface area (Å²) in [7, 11) is 0. The molecule has 14 heavy (non-hydrogen) atoms.